The number of rotatable bonds is 5. The summed E-state index contributed by atoms with van der Waals surface area (Å²) >= 11 is 0. The van der Waals surface area contributed by atoms with Gasteiger partial charge in [0.05, 0.1) is 6.61 Å². The number of halogens is 7. The van der Waals surface area contributed by atoms with Gasteiger partial charge in [-0.3, -0.25) is 0 Å². The van der Waals surface area contributed by atoms with Gasteiger partial charge in [0, 0.05) is 13.6 Å². The van der Waals surface area contributed by atoms with E-state index in [0.717, 1.165) is 0 Å². The average molecular weight is 307 g/mol. The highest BCUT2D eigenvalue weighted by Crippen LogP contribution is 2.49. The lowest BCUT2D eigenvalue weighted by molar-refractivity contribution is -0.332. The Balaban J connectivity index is 5.66. The third-order valence-electron chi connectivity index (χ3n) is 1.87. The number of aliphatic hydroxyl groups excluding tert-OH is 1. The van der Waals surface area contributed by atoms with Crippen LogP contribution in [-0.4, -0.2) is 55.4 Å². The Bertz CT molecular complexity index is 390. The molecule has 1 N–H and O–H groups in total. The van der Waals surface area contributed by atoms with Gasteiger partial charge < -0.3 is 5.11 Å². The molecular formula is C6H8F7NO3S. The molecule has 0 aromatic heterocycles. The van der Waals surface area contributed by atoms with Crippen LogP contribution in [0.25, 0.3) is 0 Å². The van der Waals surface area contributed by atoms with Gasteiger partial charge in [-0.15, -0.1) is 0 Å². The van der Waals surface area contributed by atoms with E-state index in [0.29, 0.717) is 7.05 Å². The van der Waals surface area contributed by atoms with Crippen LogP contribution in [0.4, 0.5) is 30.7 Å². The van der Waals surface area contributed by atoms with Gasteiger partial charge in [0.1, 0.15) is 0 Å². The average Bonchev–Trinajstić information content (AvgIpc) is 2.15. The molecule has 18 heavy (non-hydrogen) atoms. The van der Waals surface area contributed by atoms with Crippen LogP contribution in [0, 0.1) is 0 Å². The number of aliphatic hydroxyl groups is 1. The summed E-state index contributed by atoms with van der Waals surface area (Å²) in [6.45, 7) is -2.07. The molecule has 0 saturated carbocycles. The second kappa shape index (κ2) is 4.81. The van der Waals surface area contributed by atoms with Crippen molar-refractivity contribution in [2.75, 3.05) is 20.2 Å². The number of hydrogen-bond acceptors (Lipinski definition) is 3. The van der Waals surface area contributed by atoms with E-state index in [1.165, 1.54) is 0 Å². The molecule has 0 aliphatic heterocycles. The van der Waals surface area contributed by atoms with Crippen molar-refractivity contribution in [2.24, 2.45) is 0 Å². The van der Waals surface area contributed by atoms with Crippen molar-refractivity contribution >= 4 is 10.0 Å². The lowest BCUT2D eigenvalue weighted by Crippen LogP contribution is -2.59. The Morgan fingerprint density at radius 1 is 1.06 bits per heavy atom. The zero-order valence-electron chi connectivity index (χ0n) is 8.68. The van der Waals surface area contributed by atoms with Crippen molar-refractivity contribution in [3.8, 4) is 0 Å². The summed E-state index contributed by atoms with van der Waals surface area (Å²) in [7, 11) is -5.93. The first-order valence-electron chi connectivity index (χ1n) is 4.12. The molecule has 0 atom stereocenters. The first-order valence-corrected chi connectivity index (χ1v) is 5.56. The summed E-state index contributed by atoms with van der Waals surface area (Å²) in [5, 5.41) is 1.89. The van der Waals surface area contributed by atoms with Crippen LogP contribution in [0.5, 0.6) is 0 Å². The molecule has 0 aromatic rings. The summed E-state index contributed by atoms with van der Waals surface area (Å²) in [4.78, 5) is 0. The molecule has 0 heterocycles. The lowest BCUT2D eigenvalue weighted by Gasteiger charge is -2.30. The van der Waals surface area contributed by atoms with Gasteiger partial charge in [-0.2, -0.15) is 35.0 Å². The van der Waals surface area contributed by atoms with Gasteiger partial charge in [-0.05, 0) is 0 Å². The minimum Gasteiger partial charge on any atom is -0.395 e. The lowest BCUT2D eigenvalue weighted by atomic mass is 10.3. The number of likely N-dealkylation sites (N-methyl/N-ethyl adjacent to an activating group) is 1. The summed E-state index contributed by atoms with van der Waals surface area (Å²) in [5.41, 5.74) is 0. The van der Waals surface area contributed by atoms with Gasteiger partial charge in [0.2, 0.25) is 0 Å². The van der Waals surface area contributed by atoms with Crippen molar-refractivity contribution in [3.63, 3.8) is 0 Å². The van der Waals surface area contributed by atoms with E-state index in [1.54, 1.807) is 0 Å². The van der Waals surface area contributed by atoms with Crippen molar-refractivity contribution in [3.05, 3.63) is 0 Å². The van der Waals surface area contributed by atoms with Crippen LogP contribution in [0.3, 0.4) is 0 Å². The van der Waals surface area contributed by atoms with Crippen molar-refractivity contribution < 1.29 is 44.3 Å². The molecule has 0 amide bonds. The molecule has 0 bridgehead atoms. The molecule has 0 saturated heterocycles. The first kappa shape index (κ1) is 17.4. The zero-order valence-corrected chi connectivity index (χ0v) is 9.50. The van der Waals surface area contributed by atoms with Crippen molar-refractivity contribution in [1.82, 2.24) is 4.31 Å². The van der Waals surface area contributed by atoms with Crippen LogP contribution in [0.15, 0.2) is 0 Å². The molecule has 12 heteroatoms. The second-order valence-electron chi connectivity index (χ2n) is 3.14. The fourth-order valence-electron chi connectivity index (χ4n) is 0.784. The molecule has 0 aromatic carbocycles. The zero-order chi connectivity index (χ0) is 15.0. The molecular weight excluding hydrogens is 299 g/mol. The van der Waals surface area contributed by atoms with Crippen LogP contribution in [0.1, 0.15) is 0 Å². The van der Waals surface area contributed by atoms with E-state index in [9.17, 15) is 39.2 Å². The standard InChI is InChI=1S/C6H8F7NO3S/c1-14(2-3-15)18(16,17)6(12,13)4(7,8)5(9,10)11/h15H,2-3H2,1H3. The molecule has 0 rings (SSSR count). The van der Waals surface area contributed by atoms with Gasteiger partial charge in [0.25, 0.3) is 10.0 Å². The highest BCUT2D eigenvalue weighted by molar-refractivity contribution is 7.90. The van der Waals surface area contributed by atoms with Crippen LogP contribution >= 0.6 is 0 Å². The Kier molecular flexibility index (Phi) is 4.64. The Morgan fingerprint density at radius 2 is 1.44 bits per heavy atom. The first-order chi connectivity index (χ1) is 7.73. The van der Waals surface area contributed by atoms with E-state index in [4.69, 9.17) is 5.11 Å². The maximum absolute atomic E-state index is 12.9. The van der Waals surface area contributed by atoms with Gasteiger partial charge in [0.15, 0.2) is 0 Å². The summed E-state index contributed by atoms with van der Waals surface area (Å²) < 4.78 is 107. The van der Waals surface area contributed by atoms with Gasteiger partial charge >= 0.3 is 17.4 Å². The third kappa shape index (κ3) is 2.54. The number of nitrogens with zero attached hydrogens (tertiary/aromatic N) is 1. The third-order valence-corrected chi connectivity index (χ3v) is 3.78. The maximum Gasteiger partial charge on any atom is 0.461 e. The minimum atomic E-state index is -6.75. The molecule has 0 aliphatic rings. The SMILES string of the molecule is CN(CCO)S(=O)(=O)C(F)(F)C(F)(F)C(F)(F)F. The number of hydrogen-bond donors (Lipinski definition) is 1. The Morgan fingerprint density at radius 3 is 1.72 bits per heavy atom. The van der Waals surface area contributed by atoms with E-state index < -0.39 is 44.8 Å². The second-order valence-corrected chi connectivity index (χ2v) is 5.23. The summed E-state index contributed by atoms with van der Waals surface area (Å²) in [6.07, 6.45) is -6.73. The molecule has 0 fully saturated rings. The smallest absolute Gasteiger partial charge is 0.395 e. The van der Waals surface area contributed by atoms with E-state index in [2.05, 4.69) is 0 Å². The number of sulfonamides is 1. The predicted octanol–water partition coefficient (Wildman–Crippen LogP) is 1.03. The van der Waals surface area contributed by atoms with Crippen LogP contribution in [-0.2, 0) is 10.0 Å². The molecule has 4 nitrogen and oxygen atoms in total. The fraction of sp³-hybridized carbons (Fsp3) is 1.00. The van der Waals surface area contributed by atoms with Crippen molar-refractivity contribution in [1.29, 1.82) is 0 Å². The van der Waals surface area contributed by atoms with E-state index in [-0.39, 0.29) is 0 Å². The highest BCUT2D eigenvalue weighted by atomic mass is 32.2. The minimum absolute atomic E-state index is 0.339. The maximum atomic E-state index is 12.9. The molecule has 0 unspecified atom stereocenters. The van der Waals surface area contributed by atoms with Crippen LogP contribution < -0.4 is 0 Å². The summed E-state index contributed by atoms with van der Waals surface area (Å²) in [6, 6.07) is 0. The molecule has 0 radical (unpaired) electrons. The van der Waals surface area contributed by atoms with Crippen LogP contribution in [0.2, 0.25) is 0 Å². The monoisotopic (exact) mass is 307 g/mol. The topological polar surface area (TPSA) is 57.6 Å². The van der Waals surface area contributed by atoms with E-state index in [1.807, 2.05) is 0 Å². The normalized spacial score (nSPS) is 15.2. The van der Waals surface area contributed by atoms with E-state index >= 15 is 0 Å². The predicted molar refractivity (Wildman–Crippen MR) is 44.6 cm³/mol. The molecule has 0 spiro atoms. The Hall–Kier alpha value is -0.620. The largest absolute Gasteiger partial charge is 0.461 e. The number of alkyl halides is 7. The van der Waals surface area contributed by atoms with Gasteiger partial charge in [-0.25, -0.2) is 8.42 Å². The molecule has 0 aliphatic carbocycles. The quantitative estimate of drug-likeness (QED) is 0.772. The highest BCUT2D eigenvalue weighted by Gasteiger charge is 2.79. The Labute approximate surface area is 97.0 Å². The van der Waals surface area contributed by atoms with Gasteiger partial charge in [-0.1, -0.05) is 0 Å². The summed E-state index contributed by atoms with van der Waals surface area (Å²) in [5.74, 6) is -6.75. The fourth-order valence-corrected chi connectivity index (χ4v) is 1.94. The molecule has 110 valence electrons. The van der Waals surface area contributed by atoms with Crippen molar-refractivity contribution in [2.45, 2.75) is 17.4 Å².